The minimum Gasteiger partial charge on any atom is -0.391 e. The zero-order valence-corrected chi connectivity index (χ0v) is 13.5. The van der Waals surface area contributed by atoms with Crippen LogP contribution in [0, 0.1) is 11.7 Å². The van der Waals surface area contributed by atoms with Crippen LogP contribution in [0.4, 0.5) is 9.18 Å². The Bertz CT molecular complexity index is 512. The van der Waals surface area contributed by atoms with E-state index in [4.69, 9.17) is 0 Å². The molecule has 1 aliphatic rings. The number of carbonyl (C=O) groups excluding carboxylic acids is 1. The third-order valence-corrected chi connectivity index (χ3v) is 4.28. The normalized spacial score (nSPS) is 16.2. The SMILES string of the molecule is CN(CC(O)C1CC1)C(=O)NCC(C)(C)c1ccc(F)cc1. The van der Waals surface area contributed by atoms with Gasteiger partial charge in [-0.25, -0.2) is 9.18 Å². The Morgan fingerprint density at radius 3 is 2.55 bits per heavy atom. The van der Waals surface area contributed by atoms with Gasteiger partial charge >= 0.3 is 6.03 Å². The summed E-state index contributed by atoms with van der Waals surface area (Å²) in [6.45, 7) is 4.80. The Hall–Kier alpha value is -1.62. The number of rotatable bonds is 6. The highest BCUT2D eigenvalue weighted by atomic mass is 19.1. The van der Waals surface area contributed by atoms with Gasteiger partial charge in [-0.1, -0.05) is 26.0 Å². The highest BCUT2D eigenvalue weighted by molar-refractivity contribution is 5.74. The molecule has 1 aliphatic carbocycles. The number of likely N-dealkylation sites (N-methyl/N-ethyl adjacent to an activating group) is 1. The number of aliphatic hydroxyl groups excluding tert-OH is 1. The fourth-order valence-electron chi connectivity index (χ4n) is 2.43. The third-order valence-electron chi connectivity index (χ3n) is 4.28. The number of amides is 2. The standard InChI is InChI=1S/C17H25FN2O2/c1-17(2,13-6-8-14(18)9-7-13)11-19-16(22)20(3)10-15(21)12-4-5-12/h6-9,12,15,21H,4-5,10-11H2,1-3H3,(H,19,22). The number of nitrogens with zero attached hydrogens (tertiary/aromatic N) is 1. The molecule has 4 nitrogen and oxygen atoms in total. The van der Waals surface area contributed by atoms with E-state index in [2.05, 4.69) is 5.32 Å². The van der Waals surface area contributed by atoms with Gasteiger partial charge in [0, 0.05) is 25.6 Å². The molecule has 1 unspecified atom stereocenters. The Labute approximate surface area is 131 Å². The Balaban J connectivity index is 1.84. The van der Waals surface area contributed by atoms with Crippen LogP contribution in [0.2, 0.25) is 0 Å². The van der Waals surface area contributed by atoms with E-state index in [0.29, 0.717) is 19.0 Å². The fourth-order valence-corrected chi connectivity index (χ4v) is 2.43. The van der Waals surface area contributed by atoms with Gasteiger partial charge in [0.2, 0.25) is 0 Å². The second-order valence-electron chi connectivity index (χ2n) is 6.83. The number of hydrogen-bond donors (Lipinski definition) is 2. The van der Waals surface area contributed by atoms with Gasteiger partial charge in [-0.15, -0.1) is 0 Å². The topological polar surface area (TPSA) is 52.6 Å². The van der Waals surface area contributed by atoms with Crippen LogP contribution in [0.5, 0.6) is 0 Å². The average molecular weight is 308 g/mol. The van der Waals surface area contributed by atoms with Gasteiger partial charge in [-0.3, -0.25) is 0 Å². The summed E-state index contributed by atoms with van der Waals surface area (Å²) >= 11 is 0. The maximum atomic E-state index is 13.0. The predicted molar refractivity (Wildman–Crippen MR) is 84.2 cm³/mol. The molecule has 2 amide bonds. The lowest BCUT2D eigenvalue weighted by atomic mass is 9.84. The Kier molecular flexibility index (Phi) is 5.06. The largest absolute Gasteiger partial charge is 0.391 e. The van der Waals surface area contributed by atoms with Crippen LogP contribution in [0.25, 0.3) is 0 Å². The van der Waals surface area contributed by atoms with Crippen molar-refractivity contribution in [1.29, 1.82) is 0 Å². The van der Waals surface area contributed by atoms with E-state index in [1.165, 1.54) is 17.0 Å². The zero-order valence-electron chi connectivity index (χ0n) is 13.5. The van der Waals surface area contributed by atoms with Gasteiger partial charge in [0.05, 0.1) is 6.10 Å². The van der Waals surface area contributed by atoms with Crippen molar-refractivity contribution in [2.24, 2.45) is 5.92 Å². The monoisotopic (exact) mass is 308 g/mol. The molecule has 22 heavy (non-hydrogen) atoms. The average Bonchev–Trinajstić information content (AvgIpc) is 3.29. The molecule has 122 valence electrons. The first-order chi connectivity index (χ1) is 10.3. The van der Waals surface area contributed by atoms with Gasteiger partial charge < -0.3 is 15.3 Å². The van der Waals surface area contributed by atoms with Crippen LogP contribution >= 0.6 is 0 Å². The van der Waals surface area contributed by atoms with E-state index in [9.17, 15) is 14.3 Å². The van der Waals surface area contributed by atoms with E-state index in [1.807, 2.05) is 13.8 Å². The van der Waals surface area contributed by atoms with Crippen LogP contribution < -0.4 is 5.32 Å². The fraction of sp³-hybridized carbons (Fsp3) is 0.588. The molecular formula is C17H25FN2O2. The lowest BCUT2D eigenvalue weighted by Gasteiger charge is -2.28. The van der Waals surface area contributed by atoms with Crippen molar-refractivity contribution >= 4 is 6.03 Å². The van der Waals surface area contributed by atoms with Crippen molar-refractivity contribution < 1.29 is 14.3 Å². The number of halogens is 1. The summed E-state index contributed by atoms with van der Waals surface area (Å²) in [7, 11) is 1.69. The lowest BCUT2D eigenvalue weighted by molar-refractivity contribution is 0.113. The molecule has 1 aromatic carbocycles. The summed E-state index contributed by atoms with van der Waals surface area (Å²) in [4.78, 5) is 13.6. The first-order valence-electron chi connectivity index (χ1n) is 7.72. The summed E-state index contributed by atoms with van der Waals surface area (Å²) in [5, 5.41) is 12.8. The van der Waals surface area contributed by atoms with Gasteiger partial charge in [-0.05, 0) is 36.5 Å². The molecule has 1 aromatic rings. The van der Waals surface area contributed by atoms with Crippen molar-refractivity contribution in [3.05, 3.63) is 35.6 Å². The van der Waals surface area contributed by atoms with Crippen LogP contribution in [0.1, 0.15) is 32.3 Å². The van der Waals surface area contributed by atoms with Crippen molar-refractivity contribution in [1.82, 2.24) is 10.2 Å². The number of nitrogens with one attached hydrogen (secondary N) is 1. The molecule has 1 atom stereocenters. The summed E-state index contributed by atoms with van der Waals surface area (Å²) in [6, 6.07) is 6.13. The number of benzene rings is 1. The third kappa shape index (κ3) is 4.44. The Morgan fingerprint density at radius 1 is 1.41 bits per heavy atom. The van der Waals surface area contributed by atoms with Gasteiger partial charge in [-0.2, -0.15) is 0 Å². The summed E-state index contributed by atoms with van der Waals surface area (Å²) in [6.07, 6.45) is 1.67. The van der Waals surface area contributed by atoms with Crippen molar-refractivity contribution in [2.75, 3.05) is 20.1 Å². The Morgan fingerprint density at radius 2 is 2.00 bits per heavy atom. The minimum absolute atomic E-state index is 0.199. The maximum absolute atomic E-state index is 13.0. The van der Waals surface area contributed by atoms with E-state index in [1.54, 1.807) is 19.2 Å². The number of carbonyl (C=O) groups is 1. The molecule has 0 spiro atoms. The highest BCUT2D eigenvalue weighted by Gasteiger charge is 2.31. The van der Waals surface area contributed by atoms with Crippen molar-refractivity contribution in [2.45, 2.75) is 38.2 Å². The molecular weight excluding hydrogens is 283 g/mol. The van der Waals surface area contributed by atoms with Crippen molar-refractivity contribution in [3.8, 4) is 0 Å². The molecule has 5 heteroatoms. The summed E-state index contributed by atoms with van der Waals surface area (Å²) < 4.78 is 13.0. The molecule has 2 rings (SSSR count). The maximum Gasteiger partial charge on any atom is 0.317 e. The predicted octanol–water partition coefficient (Wildman–Crippen LogP) is 2.52. The molecule has 0 aliphatic heterocycles. The molecule has 0 radical (unpaired) electrons. The molecule has 0 heterocycles. The second kappa shape index (κ2) is 6.65. The van der Waals surface area contributed by atoms with E-state index >= 15 is 0 Å². The first-order valence-corrected chi connectivity index (χ1v) is 7.72. The van der Waals surface area contributed by atoms with E-state index in [0.717, 1.165) is 18.4 Å². The van der Waals surface area contributed by atoms with Crippen LogP contribution in [0.3, 0.4) is 0 Å². The minimum atomic E-state index is -0.430. The number of hydrogen-bond acceptors (Lipinski definition) is 2. The number of urea groups is 1. The molecule has 0 saturated heterocycles. The van der Waals surface area contributed by atoms with Crippen LogP contribution in [-0.4, -0.2) is 42.3 Å². The summed E-state index contributed by atoms with van der Waals surface area (Å²) in [5.41, 5.74) is 0.675. The van der Waals surface area contributed by atoms with Gasteiger partial charge in [0.1, 0.15) is 5.82 Å². The molecule has 0 bridgehead atoms. The lowest BCUT2D eigenvalue weighted by Crippen LogP contribution is -2.45. The molecule has 1 fully saturated rings. The van der Waals surface area contributed by atoms with Gasteiger partial charge in [0.15, 0.2) is 0 Å². The van der Waals surface area contributed by atoms with Gasteiger partial charge in [0.25, 0.3) is 0 Å². The van der Waals surface area contributed by atoms with E-state index in [-0.39, 0.29) is 17.3 Å². The van der Waals surface area contributed by atoms with Crippen LogP contribution in [0.15, 0.2) is 24.3 Å². The first kappa shape index (κ1) is 16.7. The second-order valence-corrected chi connectivity index (χ2v) is 6.83. The van der Waals surface area contributed by atoms with Crippen molar-refractivity contribution in [3.63, 3.8) is 0 Å². The smallest absolute Gasteiger partial charge is 0.317 e. The molecule has 2 N–H and O–H groups in total. The molecule has 1 saturated carbocycles. The van der Waals surface area contributed by atoms with Crippen LogP contribution in [-0.2, 0) is 5.41 Å². The number of aliphatic hydroxyl groups is 1. The summed E-state index contributed by atoms with van der Waals surface area (Å²) in [5.74, 6) is 0.0864. The highest BCUT2D eigenvalue weighted by Crippen LogP contribution is 2.32. The quantitative estimate of drug-likeness (QED) is 0.848. The molecule has 0 aromatic heterocycles. The van der Waals surface area contributed by atoms with E-state index < -0.39 is 6.10 Å². The zero-order chi connectivity index (χ0) is 16.3.